The van der Waals surface area contributed by atoms with Crippen molar-refractivity contribution in [2.24, 2.45) is 0 Å². The maximum atomic E-state index is 4.31. The fourth-order valence-electron chi connectivity index (χ4n) is 1.44. The number of rotatable bonds is 3. The van der Waals surface area contributed by atoms with Crippen LogP contribution in [0.5, 0.6) is 0 Å². The van der Waals surface area contributed by atoms with Crippen molar-refractivity contribution >= 4 is 0 Å². The van der Waals surface area contributed by atoms with E-state index >= 15 is 0 Å². The van der Waals surface area contributed by atoms with Crippen LogP contribution in [-0.4, -0.2) is 9.78 Å². The summed E-state index contributed by atoms with van der Waals surface area (Å²) in [4.78, 5) is 0. The molecule has 2 heteroatoms. The molecule has 0 bridgehead atoms. The van der Waals surface area contributed by atoms with Crippen molar-refractivity contribution in [3.63, 3.8) is 0 Å². The first kappa shape index (κ1) is 9.85. The fraction of sp³-hybridized carbons (Fsp3) is 0.545. The average molecular weight is 176 g/mol. The van der Waals surface area contributed by atoms with E-state index in [0.717, 1.165) is 19.4 Å². The first-order valence-electron chi connectivity index (χ1n) is 4.76. The summed E-state index contributed by atoms with van der Waals surface area (Å²) in [5.74, 6) is 5.91. The molecule has 70 valence electrons. The van der Waals surface area contributed by atoms with Gasteiger partial charge in [-0.2, -0.15) is 5.10 Å². The van der Waals surface area contributed by atoms with Crippen LogP contribution in [0.25, 0.3) is 0 Å². The molecule has 0 saturated heterocycles. The molecule has 0 spiro atoms. The summed E-state index contributed by atoms with van der Waals surface area (Å²) in [5.41, 5.74) is 2.67. The lowest BCUT2D eigenvalue weighted by atomic mass is 10.1. The van der Waals surface area contributed by atoms with Crippen LogP contribution >= 0.6 is 0 Å². The zero-order valence-electron chi connectivity index (χ0n) is 8.59. The Balaban J connectivity index is 2.91. The van der Waals surface area contributed by atoms with Gasteiger partial charge in [0.1, 0.15) is 6.54 Å². The Labute approximate surface area is 80.0 Å². The van der Waals surface area contributed by atoms with Gasteiger partial charge in [-0.1, -0.05) is 19.8 Å². The highest BCUT2D eigenvalue weighted by molar-refractivity contribution is 5.18. The zero-order chi connectivity index (χ0) is 9.68. The van der Waals surface area contributed by atoms with Gasteiger partial charge < -0.3 is 0 Å². The molecule has 2 nitrogen and oxygen atoms in total. The Morgan fingerprint density at radius 2 is 2.15 bits per heavy atom. The van der Waals surface area contributed by atoms with Crippen LogP contribution in [0.2, 0.25) is 0 Å². The highest BCUT2D eigenvalue weighted by Crippen LogP contribution is 2.09. The van der Waals surface area contributed by atoms with Crippen LogP contribution in [0, 0.1) is 11.8 Å². The smallest absolute Gasteiger partial charge is 0.102 e. The summed E-state index contributed by atoms with van der Waals surface area (Å²) < 4.78 is 2.00. The van der Waals surface area contributed by atoms with Crippen molar-refractivity contribution in [1.82, 2.24) is 9.78 Å². The molecule has 0 aliphatic heterocycles. The van der Waals surface area contributed by atoms with Crippen molar-refractivity contribution < 1.29 is 0 Å². The molecule has 0 aliphatic carbocycles. The molecule has 0 fully saturated rings. The molecule has 13 heavy (non-hydrogen) atoms. The zero-order valence-corrected chi connectivity index (χ0v) is 8.59. The summed E-state index contributed by atoms with van der Waals surface area (Å²) in [5, 5.41) is 4.31. The highest BCUT2D eigenvalue weighted by atomic mass is 15.3. The molecule has 0 amide bonds. The Morgan fingerprint density at radius 1 is 1.38 bits per heavy atom. The van der Waals surface area contributed by atoms with Gasteiger partial charge >= 0.3 is 0 Å². The van der Waals surface area contributed by atoms with Crippen molar-refractivity contribution in [1.29, 1.82) is 0 Å². The maximum Gasteiger partial charge on any atom is 0.102 e. The van der Waals surface area contributed by atoms with Crippen molar-refractivity contribution in [3.8, 4) is 11.8 Å². The Bertz CT molecular complexity index is 326. The van der Waals surface area contributed by atoms with Crippen molar-refractivity contribution in [3.05, 3.63) is 17.5 Å². The molecule has 1 aromatic heterocycles. The second-order valence-electron chi connectivity index (χ2n) is 2.91. The molecule has 1 rings (SSSR count). The fourth-order valence-corrected chi connectivity index (χ4v) is 1.44. The predicted octanol–water partition coefficient (Wildman–Crippen LogP) is 2.03. The molecule has 0 unspecified atom stereocenters. The lowest BCUT2D eigenvalue weighted by molar-refractivity contribution is 0.671. The lowest BCUT2D eigenvalue weighted by Crippen LogP contribution is -2.03. The Morgan fingerprint density at radius 3 is 2.69 bits per heavy atom. The molecule has 0 aliphatic rings. The van der Waals surface area contributed by atoms with E-state index in [4.69, 9.17) is 0 Å². The molecule has 0 aromatic carbocycles. The van der Waals surface area contributed by atoms with Gasteiger partial charge in [-0.05, 0) is 25.3 Å². The minimum Gasteiger partial charge on any atom is -0.257 e. The minimum atomic E-state index is 0.722. The van der Waals surface area contributed by atoms with E-state index in [1.165, 1.54) is 11.3 Å². The molecule has 0 N–H and O–H groups in total. The highest BCUT2D eigenvalue weighted by Gasteiger charge is 2.05. The Kier molecular flexibility index (Phi) is 3.57. The molecular formula is C11H16N2. The number of aryl methyl sites for hydroxylation is 1. The lowest BCUT2D eigenvalue weighted by Gasteiger charge is -2.02. The van der Waals surface area contributed by atoms with Crippen LogP contribution in [0.3, 0.4) is 0 Å². The van der Waals surface area contributed by atoms with E-state index in [9.17, 15) is 0 Å². The number of aromatic nitrogens is 2. The summed E-state index contributed by atoms with van der Waals surface area (Å²) >= 11 is 0. The molecule has 0 atom stereocenters. The molecule has 1 aromatic rings. The van der Waals surface area contributed by atoms with Gasteiger partial charge in [-0.15, -0.1) is 5.92 Å². The molecule has 0 saturated carbocycles. The third-order valence-electron chi connectivity index (χ3n) is 2.16. The summed E-state index contributed by atoms with van der Waals surface area (Å²) in [7, 11) is 0. The van der Waals surface area contributed by atoms with Gasteiger partial charge in [0.15, 0.2) is 0 Å². The third kappa shape index (κ3) is 2.12. The molecule has 0 radical (unpaired) electrons. The minimum absolute atomic E-state index is 0.722. The monoisotopic (exact) mass is 176 g/mol. The van der Waals surface area contributed by atoms with Gasteiger partial charge in [0.25, 0.3) is 0 Å². The van der Waals surface area contributed by atoms with Gasteiger partial charge in [0.05, 0.1) is 6.20 Å². The van der Waals surface area contributed by atoms with E-state index in [0.29, 0.717) is 0 Å². The quantitative estimate of drug-likeness (QED) is 0.644. The van der Waals surface area contributed by atoms with Crippen LogP contribution in [0.1, 0.15) is 32.0 Å². The second kappa shape index (κ2) is 4.71. The van der Waals surface area contributed by atoms with Crippen molar-refractivity contribution in [2.45, 2.75) is 40.2 Å². The SMILES string of the molecule is CC#CCn1ncc(CC)c1CC. The standard InChI is InChI=1S/C11H16N2/c1-4-7-8-13-11(6-3)10(5-2)9-12-13/h9H,5-6,8H2,1-3H3. The summed E-state index contributed by atoms with van der Waals surface area (Å²) in [6, 6.07) is 0. The topological polar surface area (TPSA) is 17.8 Å². The first-order valence-corrected chi connectivity index (χ1v) is 4.76. The predicted molar refractivity (Wildman–Crippen MR) is 54.4 cm³/mol. The molecule has 1 heterocycles. The van der Waals surface area contributed by atoms with Gasteiger partial charge in [-0.25, -0.2) is 0 Å². The van der Waals surface area contributed by atoms with E-state index in [2.05, 4.69) is 30.8 Å². The van der Waals surface area contributed by atoms with E-state index in [1.54, 1.807) is 0 Å². The van der Waals surface area contributed by atoms with Crippen LogP contribution < -0.4 is 0 Å². The van der Waals surface area contributed by atoms with Crippen LogP contribution in [0.15, 0.2) is 6.20 Å². The van der Waals surface area contributed by atoms with E-state index in [1.807, 2.05) is 17.8 Å². The van der Waals surface area contributed by atoms with Crippen LogP contribution in [0.4, 0.5) is 0 Å². The third-order valence-corrected chi connectivity index (χ3v) is 2.16. The van der Waals surface area contributed by atoms with E-state index < -0.39 is 0 Å². The average Bonchev–Trinajstić information content (AvgIpc) is 2.56. The van der Waals surface area contributed by atoms with Crippen LogP contribution in [-0.2, 0) is 19.4 Å². The number of nitrogens with zero attached hydrogens (tertiary/aromatic N) is 2. The second-order valence-corrected chi connectivity index (χ2v) is 2.91. The first-order chi connectivity index (χ1) is 6.33. The Hall–Kier alpha value is -1.23. The molecular weight excluding hydrogens is 160 g/mol. The van der Waals surface area contributed by atoms with E-state index in [-0.39, 0.29) is 0 Å². The van der Waals surface area contributed by atoms with Crippen molar-refractivity contribution in [2.75, 3.05) is 0 Å². The normalized spacial score (nSPS) is 9.46. The number of hydrogen-bond acceptors (Lipinski definition) is 1. The summed E-state index contributed by atoms with van der Waals surface area (Å²) in [6.07, 6.45) is 4.05. The summed E-state index contributed by atoms with van der Waals surface area (Å²) in [6.45, 7) is 6.90. The van der Waals surface area contributed by atoms with Gasteiger partial charge in [0.2, 0.25) is 0 Å². The maximum absolute atomic E-state index is 4.31. The van der Waals surface area contributed by atoms with Gasteiger partial charge in [0, 0.05) is 5.69 Å². The largest absolute Gasteiger partial charge is 0.257 e. The van der Waals surface area contributed by atoms with Gasteiger partial charge in [-0.3, -0.25) is 4.68 Å². The number of hydrogen-bond donors (Lipinski definition) is 0.